The summed E-state index contributed by atoms with van der Waals surface area (Å²) in [5.41, 5.74) is 1.27. The maximum absolute atomic E-state index is 11.7. The Morgan fingerprint density at radius 3 is 2.58 bits per heavy atom. The predicted molar refractivity (Wildman–Crippen MR) is 133 cm³/mol. The van der Waals surface area contributed by atoms with Crippen LogP contribution in [0.2, 0.25) is 15.1 Å². The molecule has 0 aromatic heterocycles. The number of nitrogens with zero attached hydrogens (tertiary/aromatic N) is 2. The molecule has 0 spiro atoms. The van der Waals surface area contributed by atoms with Crippen LogP contribution < -0.4 is 10.1 Å². The number of hydrogen-bond acceptors (Lipinski definition) is 5. The van der Waals surface area contributed by atoms with Crippen LogP contribution in [0.25, 0.3) is 0 Å². The van der Waals surface area contributed by atoms with Gasteiger partial charge < -0.3 is 19.5 Å². The van der Waals surface area contributed by atoms with Gasteiger partial charge in [0.15, 0.2) is 0 Å². The van der Waals surface area contributed by atoms with E-state index in [0.29, 0.717) is 37.9 Å². The molecule has 1 N–H and O–H groups in total. The topological polar surface area (TPSA) is 81.5 Å². The first kappa shape index (κ1) is 26.8. The maximum atomic E-state index is 11.7. The Hall–Kier alpha value is -2.48. The molecule has 10 heteroatoms. The molecule has 33 heavy (non-hydrogen) atoms. The molecule has 2 aromatic rings. The summed E-state index contributed by atoms with van der Waals surface area (Å²) < 4.78 is 15.7. The molecular weight excluding hydrogens is 489 g/mol. The van der Waals surface area contributed by atoms with Crippen molar-refractivity contribution in [2.75, 3.05) is 13.8 Å². The van der Waals surface area contributed by atoms with Crippen molar-refractivity contribution in [1.82, 2.24) is 5.32 Å². The second kappa shape index (κ2) is 13.3. The van der Waals surface area contributed by atoms with Crippen LogP contribution in [0, 0.1) is 0 Å². The number of nitrogens with one attached hydrogen (secondary N) is 1. The van der Waals surface area contributed by atoms with Crippen LogP contribution in [-0.4, -0.2) is 38.3 Å². The van der Waals surface area contributed by atoms with Crippen LogP contribution >= 0.6 is 34.8 Å². The highest BCUT2D eigenvalue weighted by Crippen LogP contribution is 2.38. The molecule has 2 aromatic carbocycles. The fourth-order valence-electron chi connectivity index (χ4n) is 2.78. The summed E-state index contributed by atoms with van der Waals surface area (Å²) in [4.78, 5) is 20.2. The quantitative estimate of drug-likeness (QED) is 0.184. The Balaban J connectivity index is 2.45. The van der Waals surface area contributed by atoms with Crippen molar-refractivity contribution in [3.05, 3.63) is 62.6 Å². The predicted octanol–water partition coefficient (Wildman–Crippen LogP) is 6.69. The molecule has 0 amide bonds. The molecule has 0 aliphatic carbocycles. The largest absolute Gasteiger partial charge is 0.511 e. The molecule has 2 rings (SSSR count). The van der Waals surface area contributed by atoms with E-state index < -0.39 is 12.2 Å². The SMILES string of the molecule is CC/C=N\C(=NC)NC(c1cc(Cl)ccc1OCOC(=O)OC(C)C)c1cccc(Cl)c1Cl. The first-order valence-electron chi connectivity index (χ1n) is 10.2. The zero-order chi connectivity index (χ0) is 24.4. The smallest absolute Gasteiger partial charge is 0.457 e. The van der Waals surface area contributed by atoms with Crippen molar-refractivity contribution in [2.24, 2.45) is 9.98 Å². The minimum absolute atomic E-state index is 0.308. The molecule has 0 heterocycles. The first-order chi connectivity index (χ1) is 15.8. The lowest BCUT2D eigenvalue weighted by Crippen LogP contribution is -2.29. The molecule has 0 radical (unpaired) electrons. The van der Waals surface area contributed by atoms with Crippen LogP contribution in [0.4, 0.5) is 4.79 Å². The van der Waals surface area contributed by atoms with E-state index >= 15 is 0 Å². The summed E-state index contributed by atoms with van der Waals surface area (Å²) in [5.74, 6) is 0.779. The molecular formula is C23H26Cl3N3O4. The summed E-state index contributed by atoms with van der Waals surface area (Å²) in [6.45, 7) is 5.05. The highest BCUT2D eigenvalue weighted by Gasteiger charge is 2.24. The van der Waals surface area contributed by atoms with Gasteiger partial charge in [-0.2, -0.15) is 0 Å². The van der Waals surface area contributed by atoms with Gasteiger partial charge in [0.25, 0.3) is 0 Å². The molecule has 1 unspecified atom stereocenters. The number of guanidine groups is 1. The third-order valence-corrected chi connectivity index (χ3v) is 5.25. The monoisotopic (exact) mass is 513 g/mol. The van der Waals surface area contributed by atoms with E-state index in [1.54, 1.807) is 57.4 Å². The van der Waals surface area contributed by atoms with E-state index in [1.807, 2.05) is 13.0 Å². The average molecular weight is 515 g/mol. The van der Waals surface area contributed by atoms with Crippen LogP contribution in [-0.2, 0) is 9.47 Å². The van der Waals surface area contributed by atoms with Crippen molar-refractivity contribution < 1.29 is 19.0 Å². The minimum atomic E-state index is -0.831. The van der Waals surface area contributed by atoms with Gasteiger partial charge in [0, 0.05) is 23.8 Å². The normalized spacial score (nSPS) is 12.7. The number of carbonyl (C=O) groups excluding carboxylic acids is 1. The van der Waals surface area contributed by atoms with Crippen LogP contribution in [0.5, 0.6) is 5.75 Å². The molecule has 0 fully saturated rings. The number of aliphatic imine (C=N–C) groups is 2. The molecule has 0 saturated heterocycles. The third-order valence-electron chi connectivity index (χ3n) is 4.18. The number of hydrogen-bond donors (Lipinski definition) is 1. The Morgan fingerprint density at radius 1 is 1.15 bits per heavy atom. The van der Waals surface area contributed by atoms with E-state index in [4.69, 9.17) is 49.0 Å². The van der Waals surface area contributed by atoms with Crippen molar-refractivity contribution >= 4 is 53.1 Å². The van der Waals surface area contributed by atoms with Crippen LogP contribution in [0.15, 0.2) is 46.4 Å². The van der Waals surface area contributed by atoms with Gasteiger partial charge in [-0.05, 0) is 50.1 Å². The van der Waals surface area contributed by atoms with E-state index in [9.17, 15) is 4.79 Å². The summed E-state index contributed by atoms with van der Waals surface area (Å²) in [5, 5.41) is 4.48. The van der Waals surface area contributed by atoms with E-state index in [1.165, 1.54) is 0 Å². The molecule has 178 valence electrons. The molecule has 0 aliphatic heterocycles. The summed E-state index contributed by atoms with van der Waals surface area (Å²) in [6, 6.07) is 9.76. The molecule has 7 nitrogen and oxygen atoms in total. The van der Waals surface area contributed by atoms with Gasteiger partial charge >= 0.3 is 6.16 Å². The maximum Gasteiger partial charge on any atom is 0.511 e. The minimum Gasteiger partial charge on any atom is -0.457 e. The van der Waals surface area contributed by atoms with E-state index in [0.717, 1.165) is 6.42 Å². The van der Waals surface area contributed by atoms with Gasteiger partial charge in [0.2, 0.25) is 12.8 Å². The number of ether oxygens (including phenoxy) is 3. The zero-order valence-electron chi connectivity index (χ0n) is 18.8. The standard InChI is InChI=1S/C23H26Cl3N3O4/c1-5-11-28-22(27-4)29-21(16-7-6-8-18(25)20(16)26)17-12-15(24)9-10-19(17)31-13-32-23(30)33-14(2)3/h6-12,14,21H,5,13H2,1-4H3,(H,27,29)/b28-11-. The molecule has 0 bridgehead atoms. The van der Waals surface area contributed by atoms with Crippen LogP contribution in [0.3, 0.4) is 0 Å². The van der Waals surface area contributed by atoms with Crippen molar-refractivity contribution in [3.8, 4) is 5.75 Å². The van der Waals surface area contributed by atoms with Gasteiger partial charge in [-0.15, -0.1) is 0 Å². The number of benzene rings is 2. The summed E-state index contributed by atoms with van der Waals surface area (Å²) in [7, 11) is 1.62. The fourth-order valence-corrected chi connectivity index (χ4v) is 3.37. The van der Waals surface area contributed by atoms with Crippen molar-refractivity contribution in [2.45, 2.75) is 39.3 Å². The molecule has 0 saturated carbocycles. The van der Waals surface area contributed by atoms with E-state index in [-0.39, 0.29) is 12.9 Å². The average Bonchev–Trinajstić information content (AvgIpc) is 2.77. The third kappa shape index (κ3) is 8.11. The molecule has 1 atom stereocenters. The van der Waals surface area contributed by atoms with Crippen LogP contribution in [0.1, 0.15) is 44.4 Å². The second-order valence-electron chi connectivity index (χ2n) is 6.99. The molecule has 0 aliphatic rings. The van der Waals surface area contributed by atoms with Gasteiger partial charge in [-0.25, -0.2) is 9.79 Å². The van der Waals surface area contributed by atoms with E-state index in [2.05, 4.69) is 15.3 Å². The number of rotatable bonds is 8. The Morgan fingerprint density at radius 2 is 1.91 bits per heavy atom. The summed E-state index contributed by atoms with van der Waals surface area (Å²) in [6.07, 6.45) is 1.33. The summed E-state index contributed by atoms with van der Waals surface area (Å²) >= 11 is 19.1. The van der Waals surface area contributed by atoms with Gasteiger partial charge in [-0.3, -0.25) is 4.99 Å². The highest BCUT2D eigenvalue weighted by atomic mass is 35.5. The lowest BCUT2D eigenvalue weighted by molar-refractivity contribution is -0.00849. The highest BCUT2D eigenvalue weighted by molar-refractivity contribution is 6.42. The lowest BCUT2D eigenvalue weighted by atomic mass is 9.97. The Bertz CT molecular complexity index is 1010. The lowest BCUT2D eigenvalue weighted by Gasteiger charge is -2.24. The van der Waals surface area contributed by atoms with Gasteiger partial charge in [-0.1, -0.05) is 53.9 Å². The van der Waals surface area contributed by atoms with Gasteiger partial charge in [0.1, 0.15) is 5.75 Å². The second-order valence-corrected chi connectivity index (χ2v) is 8.21. The zero-order valence-corrected chi connectivity index (χ0v) is 21.0. The number of carbonyl (C=O) groups is 1. The van der Waals surface area contributed by atoms with Crippen molar-refractivity contribution in [1.29, 1.82) is 0 Å². The van der Waals surface area contributed by atoms with Gasteiger partial charge in [0.05, 0.1) is 22.2 Å². The first-order valence-corrected chi connectivity index (χ1v) is 11.4. The Kier molecular flexibility index (Phi) is 10.8. The number of halogens is 3. The Labute approximate surface area is 208 Å². The van der Waals surface area contributed by atoms with Crippen molar-refractivity contribution in [3.63, 3.8) is 0 Å². The fraction of sp³-hybridized carbons (Fsp3) is 0.348.